The summed E-state index contributed by atoms with van der Waals surface area (Å²) in [5.74, 6) is 1.90. The fourth-order valence-corrected chi connectivity index (χ4v) is 3.68. The minimum Gasteiger partial charge on any atom is -0.496 e. The molecule has 0 N–H and O–H groups in total. The van der Waals surface area contributed by atoms with Crippen molar-refractivity contribution in [3.8, 4) is 17.3 Å². The van der Waals surface area contributed by atoms with Crippen LogP contribution in [0.1, 0.15) is 29.1 Å². The summed E-state index contributed by atoms with van der Waals surface area (Å²) in [5, 5.41) is 8.41. The molecule has 0 unspecified atom stereocenters. The Kier molecular flexibility index (Phi) is 4.85. The highest BCUT2D eigenvalue weighted by atomic mass is 16.5. The van der Waals surface area contributed by atoms with Gasteiger partial charge in [0.1, 0.15) is 5.75 Å². The predicted octanol–water partition coefficient (Wildman–Crippen LogP) is 2.30. The van der Waals surface area contributed by atoms with Crippen LogP contribution >= 0.6 is 0 Å². The van der Waals surface area contributed by atoms with Crippen LogP contribution in [-0.4, -0.2) is 44.4 Å². The van der Waals surface area contributed by atoms with Gasteiger partial charge in [-0.25, -0.2) is 0 Å². The third kappa shape index (κ3) is 3.37. The van der Waals surface area contributed by atoms with E-state index in [2.05, 4.69) is 15.2 Å². The summed E-state index contributed by atoms with van der Waals surface area (Å²) in [6, 6.07) is 7.81. The number of ether oxygens (including phenoxy) is 1. The second kappa shape index (κ2) is 7.46. The van der Waals surface area contributed by atoms with Gasteiger partial charge in [0.05, 0.1) is 7.11 Å². The quantitative estimate of drug-likeness (QED) is 0.674. The van der Waals surface area contributed by atoms with Crippen molar-refractivity contribution >= 4 is 5.91 Å². The second-order valence-electron chi connectivity index (χ2n) is 6.92. The normalized spacial score (nSPS) is 13.5. The van der Waals surface area contributed by atoms with E-state index in [0.717, 1.165) is 29.0 Å². The smallest absolute Gasteiger partial charge is 0.278 e. The highest BCUT2D eigenvalue weighted by Crippen LogP contribution is 2.29. The van der Waals surface area contributed by atoms with E-state index >= 15 is 0 Å². The van der Waals surface area contributed by atoms with Crippen molar-refractivity contribution < 1.29 is 14.1 Å². The van der Waals surface area contributed by atoms with E-state index in [1.807, 2.05) is 40.9 Å². The van der Waals surface area contributed by atoms with Crippen LogP contribution in [-0.2, 0) is 31.2 Å². The number of hydrogen-bond donors (Lipinski definition) is 0. The summed E-state index contributed by atoms with van der Waals surface area (Å²) in [6.07, 6.45) is 1.84. The maximum absolute atomic E-state index is 12.8. The largest absolute Gasteiger partial charge is 0.496 e. The molecule has 0 radical (unpaired) electrons. The van der Waals surface area contributed by atoms with Gasteiger partial charge in [0.15, 0.2) is 11.5 Å². The molecular formula is C20H23N5O3. The molecule has 1 aliphatic heterocycles. The zero-order valence-corrected chi connectivity index (χ0v) is 16.3. The van der Waals surface area contributed by atoms with E-state index in [0.29, 0.717) is 43.3 Å². The molecule has 1 aromatic carbocycles. The van der Waals surface area contributed by atoms with Gasteiger partial charge in [-0.15, -0.1) is 0 Å². The summed E-state index contributed by atoms with van der Waals surface area (Å²) in [7, 11) is 3.56. The van der Waals surface area contributed by atoms with Gasteiger partial charge in [0.2, 0.25) is 5.91 Å². The van der Waals surface area contributed by atoms with Crippen LogP contribution in [0.2, 0.25) is 0 Å². The minimum atomic E-state index is 0.119. The molecule has 2 aromatic heterocycles. The van der Waals surface area contributed by atoms with Gasteiger partial charge in [-0.05, 0) is 25.0 Å². The van der Waals surface area contributed by atoms with E-state index in [9.17, 15) is 4.79 Å². The lowest BCUT2D eigenvalue weighted by atomic mass is 10.0. The molecule has 8 nitrogen and oxygen atoms in total. The maximum atomic E-state index is 12.8. The number of carbonyl (C=O) groups is 1. The summed E-state index contributed by atoms with van der Waals surface area (Å²) < 4.78 is 12.5. The Morgan fingerprint density at radius 2 is 2.14 bits per heavy atom. The van der Waals surface area contributed by atoms with Crippen molar-refractivity contribution in [3.63, 3.8) is 0 Å². The Labute approximate surface area is 163 Å². The van der Waals surface area contributed by atoms with Gasteiger partial charge in [-0.3, -0.25) is 9.48 Å². The SMILES string of the molecule is COc1ccccc1CCC(=O)N1CCc2c(c(-c3nc(C)no3)nn2C)C1. The lowest BCUT2D eigenvalue weighted by molar-refractivity contribution is -0.132. The van der Waals surface area contributed by atoms with Crippen molar-refractivity contribution in [1.29, 1.82) is 0 Å². The molecule has 4 rings (SSSR count). The fourth-order valence-electron chi connectivity index (χ4n) is 3.68. The number of amides is 1. The third-order valence-corrected chi connectivity index (χ3v) is 5.13. The van der Waals surface area contributed by atoms with Gasteiger partial charge < -0.3 is 14.2 Å². The van der Waals surface area contributed by atoms with Crippen LogP contribution in [0.25, 0.3) is 11.6 Å². The molecule has 0 spiro atoms. The molecule has 0 saturated carbocycles. The number of benzene rings is 1. The first kappa shape index (κ1) is 18.2. The molecule has 0 bridgehead atoms. The molecule has 3 aromatic rings. The topological polar surface area (TPSA) is 86.3 Å². The van der Waals surface area contributed by atoms with Gasteiger partial charge in [-0.2, -0.15) is 10.1 Å². The van der Waals surface area contributed by atoms with Crippen LogP contribution < -0.4 is 4.74 Å². The molecule has 0 atom stereocenters. The molecule has 0 fully saturated rings. The van der Waals surface area contributed by atoms with E-state index in [-0.39, 0.29) is 5.91 Å². The van der Waals surface area contributed by atoms with Crippen LogP contribution in [0.4, 0.5) is 0 Å². The molecule has 1 amide bonds. The fraction of sp³-hybridized carbons (Fsp3) is 0.400. The second-order valence-corrected chi connectivity index (χ2v) is 6.92. The number of aryl methyl sites for hydroxylation is 3. The van der Waals surface area contributed by atoms with E-state index in [1.165, 1.54) is 0 Å². The molecule has 146 valence electrons. The van der Waals surface area contributed by atoms with Crippen molar-refractivity contribution in [2.24, 2.45) is 7.05 Å². The number of rotatable bonds is 5. The highest BCUT2D eigenvalue weighted by Gasteiger charge is 2.29. The Bertz CT molecular complexity index is 1010. The summed E-state index contributed by atoms with van der Waals surface area (Å²) >= 11 is 0. The van der Waals surface area contributed by atoms with Crippen molar-refractivity contribution in [3.05, 3.63) is 46.9 Å². The van der Waals surface area contributed by atoms with E-state index in [1.54, 1.807) is 14.0 Å². The van der Waals surface area contributed by atoms with Crippen molar-refractivity contribution in [2.75, 3.05) is 13.7 Å². The summed E-state index contributed by atoms with van der Waals surface area (Å²) in [5.41, 5.74) is 3.81. The number of fused-ring (bicyclic) bond motifs is 1. The highest BCUT2D eigenvalue weighted by molar-refractivity contribution is 5.77. The van der Waals surface area contributed by atoms with Crippen molar-refractivity contribution in [2.45, 2.75) is 32.7 Å². The van der Waals surface area contributed by atoms with Gasteiger partial charge in [-0.1, -0.05) is 23.4 Å². The van der Waals surface area contributed by atoms with Gasteiger partial charge >= 0.3 is 0 Å². The first-order chi connectivity index (χ1) is 13.6. The monoisotopic (exact) mass is 381 g/mol. The molecular weight excluding hydrogens is 358 g/mol. The maximum Gasteiger partial charge on any atom is 0.278 e. The average Bonchev–Trinajstić information content (AvgIpc) is 3.29. The minimum absolute atomic E-state index is 0.119. The first-order valence-corrected chi connectivity index (χ1v) is 9.32. The Hall–Kier alpha value is -3.16. The van der Waals surface area contributed by atoms with Crippen LogP contribution in [0.15, 0.2) is 28.8 Å². The van der Waals surface area contributed by atoms with Crippen LogP contribution in [0.5, 0.6) is 5.75 Å². The molecule has 3 heterocycles. The van der Waals surface area contributed by atoms with Crippen LogP contribution in [0, 0.1) is 6.92 Å². The molecule has 8 heteroatoms. The number of carbonyl (C=O) groups excluding carboxylic acids is 1. The third-order valence-electron chi connectivity index (χ3n) is 5.13. The molecule has 1 aliphatic rings. The number of aromatic nitrogens is 4. The lowest BCUT2D eigenvalue weighted by Crippen LogP contribution is -2.36. The average molecular weight is 381 g/mol. The lowest BCUT2D eigenvalue weighted by Gasteiger charge is -2.27. The molecule has 0 saturated heterocycles. The number of nitrogens with zero attached hydrogens (tertiary/aromatic N) is 5. The standard InChI is InChI=1S/C20H23N5O3/c1-13-21-20(28-23-13)19-15-12-25(11-10-16(15)24(2)22-19)18(26)9-8-14-6-4-5-7-17(14)27-3/h4-7H,8-12H2,1-3H3. The zero-order valence-electron chi connectivity index (χ0n) is 16.3. The first-order valence-electron chi connectivity index (χ1n) is 9.32. The Morgan fingerprint density at radius 1 is 1.32 bits per heavy atom. The molecule has 0 aliphatic carbocycles. The zero-order chi connectivity index (χ0) is 19.7. The Balaban J connectivity index is 1.50. The Morgan fingerprint density at radius 3 is 2.89 bits per heavy atom. The number of methoxy groups -OCH3 is 1. The summed E-state index contributed by atoms with van der Waals surface area (Å²) in [6.45, 7) is 2.96. The summed E-state index contributed by atoms with van der Waals surface area (Å²) in [4.78, 5) is 19.0. The van der Waals surface area contributed by atoms with Gasteiger partial charge in [0.25, 0.3) is 5.89 Å². The number of hydrogen-bond acceptors (Lipinski definition) is 6. The molecule has 28 heavy (non-hydrogen) atoms. The predicted molar refractivity (Wildman–Crippen MR) is 102 cm³/mol. The van der Waals surface area contributed by atoms with E-state index < -0.39 is 0 Å². The number of para-hydroxylation sites is 1. The van der Waals surface area contributed by atoms with Crippen molar-refractivity contribution in [1.82, 2.24) is 24.8 Å². The van der Waals surface area contributed by atoms with Gasteiger partial charge in [0, 0.05) is 44.2 Å². The van der Waals surface area contributed by atoms with Crippen LogP contribution in [0.3, 0.4) is 0 Å². The van der Waals surface area contributed by atoms with E-state index in [4.69, 9.17) is 9.26 Å².